The van der Waals surface area contributed by atoms with Gasteiger partial charge in [-0.1, -0.05) is 18.2 Å². The average Bonchev–Trinajstić information content (AvgIpc) is 3.47. The second-order valence-corrected chi connectivity index (χ2v) is 8.93. The Kier molecular flexibility index (Phi) is 8.49. The van der Waals surface area contributed by atoms with Crippen molar-refractivity contribution in [2.24, 2.45) is 5.73 Å². The summed E-state index contributed by atoms with van der Waals surface area (Å²) in [5.41, 5.74) is 11.1. The van der Waals surface area contributed by atoms with Gasteiger partial charge in [0.2, 0.25) is 5.91 Å². The van der Waals surface area contributed by atoms with E-state index in [2.05, 4.69) is 9.69 Å². The number of ether oxygens (including phenoxy) is 1. The van der Waals surface area contributed by atoms with E-state index in [1.165, 1.54) is 28.4 Å². The Labute approximate surface area is 207 Å². The normalized spacial score (nSPS) is 11.5. The van der Waals surface area contributed by atoms with Crippen LogP contribution in [0, 0.1) is 5.82 Å². The number of hydrogen-bond donors (Lipinski definition) is 3. The van der Waals surface area contributed by atoms with E-state index in [1.807, 2.05) is 0 Å². The molecule has 0 fully saturated rings. The van der Waals surface area contributed by atoms with Crippen molar-refractivity contribution < 1.29 is 28.3 Å². The molecule has 0 saturated carbocycles. The monoisotopic (exact) mass is 519 g/mol. The number of nitrogen functional groups attached to an aromatic ring is 1. The second kappa shape index (κ2) is 11.5. The van der Waals surface area contributed by atoms with Crippen LogP contribution in [0.1, 0.15) is 43.6 Å². The molecule has 35 heavy (non-hydrogen) atoms. The molecule has 0 radical (unpaired) electrons. The first-order valence-corrected chi connectivity index (χ1v) is 11.9. The molecule has 0 spiro atoms. The van der Waals surface area contributed by atoms with Crippen LogP contribution in [0.25, 0.3) is 0 Å². The summed E-state index contributed by atoms with van der Waals surface area (Å²) in [7, 11) is 0. The van der Waals surface area contributed by atoms with Crippen molar-refractivity contribution in [2.45, 2.75) is 19.5 Å². The zero-order chi connectivity index (χ0) is 25.5. The smallest absolute Gasteiger partial charge is 0.325 e. The number of amides is 3. The van der Waals surface area contributed by atoms with Gasteiger partial charge in [0.1, 0.15) is 23.3 Å². The van der Waals surface area contributed by atoms with E-state index in [1.54, 1.807) is 24.4 Å². The number of esters is 1. The number of primary amides is 1. The Morgan fingerprint density at radius 1 is 1.20 bits per heavy atom. The van der Waals surface area contributed by atoms with Crippen molar-refractivity contribution in [2.75, 3.05) is 18.9 Å². The molecule has 0 aliphatic carbocycles. The highest BCUT2D eigenvalue weighted by Crippen LogP contribution is 2.31. The number of carbonyl (C=O) groups excluding carboxylic acids is 4. The van der Waals surface area contributed by atoms with Crippen LogP contribution in [0.5, 0.6) is 0 Å². The van der Waals surface area contributed by atoms with Crippen molar-refractivity contribution in [3.63, 3.8) is 0 Å². The Balaban J connectivity index is 2.05. The maximum absolute atomic E-state index is 13.7. The average molecular weight is 520 g/mol. The molecule has 1 aromatic carbocycles. The molecular weight excluding hydrogens is 497 g/mol. The number of nitrogens with two attached hydrogens (primary N) is 2. The summed E-state index contributed by atoms with van der Waals surface area (Å²) in [5, 5.41) is 4.27. The zero-order valence-electron chi connectivity index (χ0n) is 18.5. The highest BCUT2D eigenvalue weighted by atomic mass is 32.1. The Hall–Kier alpha value is -3.84. The summed E-state index contributed by atoms with van der Waals surface area (Å²) in [6, 6.07) is 7.31. The van der Waals surface area contributed by atoms with Gasteiger partial charge in [-0.15, -0.1) is 11.3 Å². The Morgan fingerprint density at radius 2 is 1.91 bits per heavy atom. The van der Waals surface area contributed by atoms with E-state index in [-0.39, 0.29) is 35.0 Å². The van der Waals surface area contributed by atoms with Crippen LogP contribution >= 0.6 is 22.9 Å². The lowest BCUT2D eigenvalue weighted by Gasteiger charge is -2.31. The minimum Gasteiger partial charge on any atom is -0.465 e. The van der Waals surface area contributed by atoms with Crippen molar-refractivity contribution >= 4 is 52.2 Å². The molecule has 0 aliphatic rings. The number of aromatic nitrogens is 1. The predicted molar refractivity (Wildman–Crippen MR) is 128 cm³/mol. The summed E-state index contributed by atoms with van der Waals surface area (Å²) >= 11 is 2.03. The number of nitrogens with zero attached hydrogens (tertiary/aromatic N) is 2. The lowest BCUT2D eigenvalue weighted by molar-refractivity contribution is -0.143. The first kappa shape index (κ1) is 25.8. The fraction of sp³-hybridized carbons (Fsp3) is 0.227. The van der Waals surface area contributed by atoms with Gasteiger partial charge in [0.25, 0.3) is 11.8 Å². The van der Waals surface area contributed by atoms with E-state index in [9.17, 15) is 23.6 Å². The van der Waals surface area contributed by atoms with Crippen LogP contribution in [0.15, 0.2) is 41.8 Å². The van der Waals surface area contributed by atoms with Gasteiger partial charge >= 0.3 is 5.97 Å². The molecule has 184 valence electrons. The third kappa shape index (κ3) is 6.19. The number of anilines is 1. The van der Waals surface area contributed by atoms with Crippen LogP contribution in [-0.2, 0) is 20.9 Å². The molecule has 0 bridgehead atoms. The number of hydrogen-bond acceptors (Lipinski definition) is 9. The molecule has 2 heterocycles. The number of benzene rings is 1. The van der Waals surface area contributed by atoms with E-state index >= 15 is 0 Å². The molecule has 3 rings (SSSR count). The van der Waals surface area contributed by atoms with Gasteiger partial charge in [-0.2, -0.15) is 4.37 Å². The highest BCUT2D eigenvalue weighted by molar-refractivity contribution is 7.10. The minimum absolute atomic E-state index is 0.0192. The SMILES string of the molecule is CCOC(=O)CNC(=O)[C@H](c1ccc(F)cc1)N(Cc1cccs1)C(=O)c1snc(C(N)=O)c1N. The van der Waals surface area contributed by atoms with Gasteiger partial charge in [0.05, 0.1) is 18.8 Å². The topological polar surface area (TPSA) is 158 Å². The molecule has 10 nitrogen and oxygen atoms in total. The number of carbonyl (C=O) groups is 4. The van der Waals surface area contributed by atoms with Crippen molar-refractivity contribution in [1.29, 1.82) is 0 Å². The molecule has 5 N–H and O–H groups in total. The van der Waals surface area contributed by atoms with Gasteiger partial charge in [-0.3, -0.25) is 19.2 Å². The fourth-order valence-corrected chi connectivity index (χ4v) is 4.66. The van der Waals surface area contributed by atoms with Crippen molar-refractivity contribution in [3.8, 4) is 0 Å². The van der Waals surface area contributed by atoms with Crippen LogP contribution < -0.4 is 16.8 Å². The minimum atomic E-state index is -1.28. The maximum Gasteiger partial charge on any atom is 0.325 e. The van der Waals surface area contributed by atoms with E-state index in [4.69, 9.17) is 16.2 Å². The van der Waals surface area contributed by atoms with Gasteiger partial charge in [0.15, 0.2) is 5.69 Å². The van der Waals surface area contributed by atoms with Crippen LogP contribution in [-0.4, -0.2) is 46.1 Å². The molecule has 0 aliphatic heterocycles. The summed E-state index contributed by atoms with van der Waals surface area (Å²) in [6.45, 7) is 1.31. The number of nitrogens with one attached hydrogen (secondary N) is 1. The molecule has 3 aromatic rings. The summed E-state index contributed by atoms with van der Waals surface area (Å²) < 4.78 is 22.4. The zero-order valence-corrected chi connectivity index (χ0v) is 20.2. The quantitative estimate of drug-likeness (QED) is 0.346. The molecule has 1 atom stereocenters. The summed E-state index contributed by atoms with van der Waals surface area (Å²) in [6.07, 6.45) is 0. The lowest BCUT2D eigenvalue weighted by atomic mass is 10.0. The van der Waals surface area contributed by atoms with E-state index in [0.29, 0.717) is 11.5 Å². The van der Waals surface area contributed by atoms with Gasteiger partial charge < -0.3 is 26.4 Å². The molecule has 13 heteroatoms. The highest BCUT2D eigenvalue weighted by Gasteiger charge is 2.35. The third-order valence-corrected chi connectivity index (χ3v) is 6.49. The molecule has 0 saturated heterocycles. The van der Waals surface area contributed by atoms with Gasteiger partial charge in [-0.25, -0.2) is 4.39 Å². The molecule has 0 unspecified atom stereocenters. The first-order chi connectivity index (χ1) is 16.7. The number of halogens is 1. The fourth-order valence-electron chi connectivity index (χ4n) is 3.20. The second-order valence-electron chi connectivity index (χ2n) is 7.13. The van der Waals surface area contributed by atoms with Gasteiger partial charge in [-0.05, 0) is 47.6 Å². The lowest BCUT2D eigenvalue weighted by Crippen LogP contribution is -2.44. The van der Waals surface area contributed by atoms with Crippen molar-refractivity contribution in [3.05, 3.63) is 68.6 Å². The number of rotatable bonds is 10. The standard InChI is InChI=1S/C22H22FN5O5S2/c1-2-33-15(29)10-26-21(31)18(12-5-7-13(23)8-6-12)28(11-14-4-3-9-34-14)22(32)19-16(24)17(20(25)30)27-35-19/h3-9,18H,2,10-11,24H2,1H3,(H2,25,30)(H,26,31)/t18-/m0/s1. The van der Waals surface area contributed by atoms with Crippen LogP contribution in [0.2, 0.25) is 0 Å². The van der Waals surface area contributed by atoms with Crippen LogP contribution in [0.4, 0.5) is 10.1 Å². The number of thiophene rings is 1. The Morgan fingerprint density at radius 3 is 2.49 bits per heavy atom. The molecule has 3 amide bonds. The van der Waals surface area contributed by atoms with Crippen LogP contribution in [0.3, 0.4) is 0 Å². The summed E-state index contributed by atoms with van der Waals surface area (Å²) in [4.78, 5) is 52.3. The van der Waals surface area contributed by atoms with E-state index in [0.717, 1.165) is 17.0 Å². The molecular formula is C22H22FN5O5S2. The van der Waals surface area contributed by atoms with E-state index < -0.39 is 42.1 Å². The molecule has 2 aromatic heterocycles. The first-order valence-electron chi connectivity index (χ1n) is 10.3. The third-order valence-electron chi connectivity index (χ3n) is 4.78. The van der Waals surface area contributed by atoms with Gasteiger partial charge in [0, 0.05) is 4.88 Å². The van der Waals surface area contributed by atoms with Crippen molar-refractivity contribution in [1.82, 2.24) is 14.6 Å². The largest absolute Gasteiger partial charge is 0.465 e. The predicted octanol–water partition coefficient (Wildman–Crippen LogP) is 2.09. The maximum atomic E-state index is 13.7. The Bertz CT molecular complexity index is 1210. The summed E-state index contributed by atoms with van der Waals surface area (Å²) in [5.74, 6) is -3.49.